The molecule has 0 saturated carbocycles. The van der Waals surface area contributed by atoms with Crippen molar-refractivity contribution in [3.8, 4) is 0 Å². The average Bonchev–Trinajstić information content (AvgIpc) is 3.43. The van der Waals surface area contributed by atoms with Gasteiger partial charge >= 0.3 is 0 Å². The van der Waals surface area contributed by atoms with Gasteiger partial charge in [-0.2, -0.15) is 0 Å². The van der Waals surface area contributed by atoms with E-state index in [0.29, 0.717) is 13.1 Å². The van der Waals surface area contributed by atoms with E-state index in [4.69, 9.17) is 38.4 Å². The van der Waals surface area contributed by atoms with Gasteiger partial charge in [0.25, 0.3) is 23.5 Å². The van der Waals surface area contributed by atoms with E-state index in [0.717, 1.165) is 0 Å². The highest BCUT2D eigenvalue weighted by Gasteiger charge is 2.45. The first-order chi connectivity index (χ1) is 21.0. The normalized spacial score (nSPS) is 24.3. The number of nitrogens with two attached hydrogens (primary N) is 2. The molecular formula is C19H34N8O16P3S-3. The molecular weight excluding hydrogens is 721 g/mol. The third-order valence-corrected chi connectivity index (χ3v) is 9.47. The number of amides is 2. The Kier molecular flexibility index (Phi) is 15.8. The largest absolute Gasteiger partial charge is 0.756 e. The predicted molar refractivity (Wildman–Crippen MR) is 154 cm³/mol. The van der Waals surface area contributed by atoms with Crippen molar-refractivity contribution < 1.29 is 76.1 Å². The SMILES string of the molecule is C.CC(=O)NCCNC(=O)C(N)C(C)O.Nc1nc(=S)c2ncn([C@@H]3O[C@H](COP(=O)([O-])OP(=O)([O-])OP(=O)([O-])O)C(O)[C@@H]3O)c2[nH]1. The minimum atomic E-state index is -6.09. The molecule has 1 fully saturated rings. The zero-order valence-corrected chi connectivity index (χ0v) is 27.1. The number of ether oxygens (including phenoxy) is 1. The highest BCUT2D eigenvalue weighted by atomic mass is 32.1. The first-order valence-electron chi connectivity index (χ1n) is 12.5. The predicted octanol–water partition coefficient (Wildman–Crippen LogP) is -4.28. The Hall–Kier alpha value is -2.28. The van der Waals surface area contributed by atoms with Crippen LogP contribution in [0.2, 0.25) is 0 Å². The zero-order valence-electron chi connectivity index (χ0n) is 23.6. The van der Waals surface area contributed by atoms with Crippen LogP contribution < -0.4 is 36.8 Å². The number of nitrogens with zero attached hydrogens (tertiary/aromatic N) is 3. The lowest BCUT2D eigenvalue weighted by Gasteiger charge is -2.33. The fourth-order valence-electron chi connectivity index (χ4n) is 3.46. The number of H-pyrrole nitrogens is 1. The van der Waals surface area contributed by atoms with E-state index in [1.54, 1.807) is 0 Å². The second-order valence-corrected chi connectivity index (χ2v) is 13.9. The summed E-state index contributed by atoms with van der Waals surface area (Å²) in [6.45, 7) is 2.42. The van der Waals surface area contributed by atoms with E-state index in [2.05, 4.69) is 38.7 Å². The van der Waals surface area contributed by atoms with Crippen LogP contribution in [-0.4, -0.2) is 102 Å². The number of imidazole rings is 1. The molecule has 1 aliphatic heterocycles. The Morgan fingerprint density at radius 2 is 1.77 bits per heavy atom. The number of rotatable bonds is 13. The Morgan fingerprint density at radius 3 is 2.32 bits per heavy atom. The van der Waals surface area contributed by atoms with Crippen LogP contribution in [0.5, 0.6) is 0 Å². The molecule has 3 heterocycles. The molecule has 0 radical (unpaired) electrons. The molecule has 3 rings (SSSR count). The number of carbonyl (C=O) groups excluding carboxylic acids is 2. The number of hydrogen-bond donors (Lipinski definition) is 9. The first-order valence-corrected chi connectivity index (χ1v) is 17.3. The summed E-state index contributed by atoms with van der Waals surface area (Å²) in [5.74, 6) is -0.666. The van der Waals surface area contributed by atoms with Crippen molar-refractivity contribution in [3.05, 3.63) is 11.0 Å². The van der Waals surface area contributed by atoms with Crippen molar-refractivity contribution in [2.45, 2.75) is 58.0 Å². The van der Waals surface area contributed by atoms with Crippen LogP contribution >= 0.6 is 35.7 Å². The monoisotopic (exact) mass is 755 g/mol. The molecule has 2 aromatic rings. The molecule has 0 aliphatic carbocycles. The molecule has 1 saturated heterocycles. The van der Waals surface area contributed by atoms with Gasteiger partial charge in [0, 0.05) is 20.0 Å². The molecule has 2 amide bonds. The molecule has 28 heteroatoms. The van der Waals surface area contributed by atoms with Gasteiger partial charge in [0.2, 0.25) is 11.8 Å². The number of fused-ring (bicyclic) bond motifs is 1. The van der Waals surface area contributed by atoms with Crippen LogP contribution in [0, 0.1) is 4.64 Å². The quantitative estimate of drug-likeness (QED) is 0.0530. The van der Waals surface area contributed by atoms with Crippen molar-refractivity contribution in [3.63, 3.8) is 0 Å². The lowest BCUT2D eigenvalue weighted by molar-refractivity contribution is -0.250. The zero-order chi connectivity index (χ0) is 35.2. The van der Waals surface area contributed by atoms with Crippen LogP contribution in [0.3, 0.4) is 0 Å². The van der Waals surface area contributed by atoms with E-state index in [9.17, 15) is 48.2 Å². The molecule has 24 nitrogen and oxygen atoms in total. The average molecular weight is 756 g/mol. The van der Waals surface area contributed by atoms with Crippen molar-refractivity contribution in [1.29, 1.82) is 0 Å². The Bertz CT molecular complexity index is 1590. The molecule has 0 aromatic carbocycles. The fraction of sp³-hybridized carbons (Fsp3) is 0.632. The summed E-state index contributed by atoms with van der Waals surface area (Å²) in [5, 5.41) is 34.4. The number of phosphoric acid groups is 3. The third-order valence-electron chi connectivity index (χ3n) is 5.50. The standard InChI is InChI=1S/C10H16N5O13P3S.C8H17N3O3.CH4/c11-10-13-7-4(8(32)14-10)12-2-15(7)9-6(17)5(16)3(26-9)1-25-30(21,22)28-31(23,24)27-29(18,19)20;1-5(12)7(9)8(14)11-4-3-10-6(2)13;/h2-3,5-6,9,16-17H,1H2,(H,21,22)(H,23,24)(H2,18,19,20)(H3,11,13,14,32);5,7,12H,3-4,9H2,1-2H3,(H,10,13)(H,11,14);1H4/p-3/t3-,5?,6+,9-;;/m1../s1. The van der Waals surface area contributed by atoms with Crippen LogP contribution in [0.1, 0.15) is 27.5 Å². The number of aliphatic hydroxyl groups is 3. The summed E-state index contributed by atoms with van der Waals surface area (Å²) in [7, 11) is -17.8. The Balaban J connectivity index is 0.000000625. The molecule has 9 atom stereocenters. The lowest BCUT2D eigenvalue weighted by atomic mass is 10.1. The van der Waals surface area contributed by atoms with Gasteiger partial charge < -0.3 is 71.2 Å². The van der Waals surface area contributed by atoms with Gasteiger partial charge in [-0.3, -0.25) is 27.9 Å². The summed E-state index contributed by atoms with van der Waals surface area (Å²) in [6, 6.07) is -0.924. The number of aromatic nitrogens is 4. The van der Waals surface area contributed by atoms with Gasteiger partial charge in [0.1, 0.15) is 35.5 Å². The molecule has 6 unspecified atom stereocenters. The number of anilines is 1. The molecule has 0 spiro atoms. The van der Waals surface area contributed by atoms with E-state index in [1.165, 1.54) is 24.7 Å². The maximum absolute atomic E-state index is 11.6. The van der Waals surface area contributed by atoms with Crippen molar-refractivity contribution in [2.75, 3.05) is 25.4 Å². The highest BCUT2D eigenvalue weighted by molar-refractivity contribution is 7.71. The lowest BCUT2D eigenvalue weighted by Crippen LogP contribution is -2.48. The van der Waals surface area contributed by atoms with Crippen molar-refractivity contribution in [2.24, 2.45) is 5.73 Å². The number of hydrogen-bond acceptors (Lipinski definition) is 20. The van der Waals surface area contributed by atoms with E-state index in [-0.39, 0.29) is 35.1 Å². The van der Waals surface area contributed by atoms with Gasteiger partial charge in [0.15, 0.2) is 16.8 Å². The van der Waals surface area contributed by atoms with E-state index in [1.807, 2.05) is 0 Å². The minimum Gasteiger partial charge on any atom is -0.756 e. The Labute approximate surface area is 270 Å². The topological polar surface area (TPSA) is 395 Å². The van der Waals surface area contributed by atoms with Crippen molar-refractivity contribution in [1.82, 2.24) is 30.2 Å². The second-order valence-electron chi connectivity index (χ2n) is 9.18. The number of nitrogens with one attached hydrogen (secondary N) is 3. The third kappa shape index (κ3) is 13.3. The van der Waals surface area contributed by atoms with Crippen LogP contribution in [-0.2, 0) is 41.2 Å². The summed E-state index contributed by atoms with van der Waals surface area (Å²) in [6.07, 6.45) is -6.00. The number of nitrogen functional groups attached to an aromatic ring is 1. The van der Waals surface area contributed by atoms with Crippen LogP contribution in [0.4, 0.5) is 5.95 Å². The maximum Gasteiger partial charge on any atom is 0.280 e. The molecule has 0 bridgehead atoms. The smallest absolute Gasteiger partial charge is 0.280 e. The second kappa shape index (κ2) is 17.4. The van der Waals surface area contributed by atoms with Gasteiger partial charge in [0.05, 0.1) is 19.0 Å². The minimum absolute atomic E-state index is 0. The number of aliphatic hydroxyl groups excluding tert-OH is 3. The van der Waals surface area contributed by atoms with Crippen molar-refractivity contribution >= 4 is 64.6 Å². The van der Waals surface area contributed by atoms with Gasteiger partial charge in [-0.25, -0.2) is 18.6 Å². The fourth-order valence-corrected chi connectivity index (χ4v) is 6.60. The van der Waals surface area contributed by atoms with Crippen LogP contribution in [0.15, 0.2) is 6.33 Å². The summed E-state index contributed by atoms with van der Waals surface area (Å²) in [5.41, 5.74) is 11.3. The maximum atomic E-state index is 11.6. The van der Waals surface area contributed by atoms with Gasteiger partial charge in [-0.1, -0.05) is 19.6 Å². The van der Waals surface area contributed by atoms with Crippen LogP contribution in [0.25, 0.3) is 11.2 Å². The summed E-state index contributed by atoms with van der Waals surface area (Å²) >= 11 is 5.01. The van der Waals surface area contributed by atoms with E-state index < -0.39 is 72.7 Å². The summed E-state index contributed by atoms with van der Waals surface area (Å²) < 4.78 is 50.7. The van der Waals surface area contributed by atoms with Gasteiger partial charge in [-0.05, 0) is 6.92 Å². The molecule has 47 heavy (non-hydrogen) atoms. The molecule has 2 aromatic heterocycles. The Morgan fingerprint density at radius 1 is 1.17 bits per heavy atom. The number of carbonyl (C=O) groups is 2. The number of aromatic amines is 1. The van der Waals surface area contributed by atoms with Gasteiger partial charge in [-0.15, -0.1) is 0 Å². The number of phosphoric ester groups is 1. The summed E-state index contributed by atoms with van der Waals surface area (Å²) in [4.78, 5) is 73.6. The highest BCUT2D eigenvalue weighted by Crippen LogP contribution is 2.61. The molecule has 11 N–H and O–H groups in total. The van der Waals surface area contributed by atoms with E-state index >= 15 is 0 Å². The molecule has 1 aliphatic rings. The first kappa shape index (κ1) is 42.7. The molecule has 270 valence electrons.